The summed E-state index contributed by atoms with van der Waals surface area (Å²) >= 11 is 0. The molecule has 0 aliphatic carbocycles. The zero-order valence-corrected chi connectivity index (χ0v) is 10.8. The highest BCUT2D eigenvalue weighted by Gasteiger charge is 2.49. The lowest BCUT2D eigenvalue weighted by molar-refractivity contribution is 0.148. The highest BCUT2D eigenvalue weighted by atomic mass is 32.2. The van der Waals surface area contributed by atoms with Gasteiger partial charge >= 0.3 is 0 Å². The van der Waals surface area contributed by atoms with E-state index in [4.69, 9.17) is 5.14 Å². The van der Waals surface area contributed by atoms with Crippen molar-refractivity contribution in [1.82, 2.24) is 10.2 Å². The van der Waals surface area contributed by atoms with E-state index in [1.54, 1.807) is 0 Å². The summed E-state index contributed by atoms with van der Waals surface area (Å²) in [5, 5.41) is 8.45. The number of nitrogens with two attached hydrogens (primary N) is 1. The number of sulfonamides is 1. The van der Waals surface area contributed by atoms with Crippen molar-refractivity contribution >= 4 is 10.0 Å². The molecule has 0 aromatic heterocycles. The van der Waals surface area contributed by atoms with Gasteiger partial charge in [0.15, 0.2) is 0 Å². The summed E-state index contributed by atoms with van der Waals surface area (Å²) in [5.41, 5.74) is 0.0822. The maximum atomic E-state index is 11.0. The Morgan fingerprint density at radius 1 is 1.44 bits per heavy atom. The van der Waals surface area contributed by atoms with Crippen LogP contribution in [0.2, 0.25) is 0 Å². The van der Waals surface area contributed by atoms with Crippen LogP contribution in [0, 0.1) is 11.8 Å². The van der Waals surface area contributed by atoms with Gasteiger partial charge in [-0.25, -0.2) is 13.6 Å². The van der Waals surface area contributed by atoms with E-state index < -0.39 is 10.0 Å². The number of nitrogens with zero attached hydrogens (tertiary/aromatic N) is 1. The smallest absolute Gasteiger partial charge is 0.210 e. The molecule has 94 valence electrons. The second kappa shape index (κ2) is 3.94. The molecule has 2 unspecified atom stereocenters. The molecule has 2 heterocycles. The molecule has 2 aliphatic heterocycles. The first-order chi connectivity index (χ1) is 7.31. The van der Waals surface area contributed by atoms with E-state index in [-0.39, 0.29) is 11.3 Å². The Balaban J connectivity index is 2.02. The number of hydrogen-bond donors (Lipinski definition) is 2. The van der Waals surface area contributed by atoms with Gasteiger partial charge in [0, 0.05) is 25.2 Å². The molecule has 0 saturated carbocycles. The Kier molecular flexibility index (Phi) is 3.03. The standard InChI is InChI=1S/C10H21N3O2S/c1-10(2)9-6-12-5-8(9)7-13(10)3-4-16(11,14)15/h8-9,12H,3-7H2,1-2H3,(H2,11,14,15). The Morgan fingerprint density at radius 2 is 2.12 bits per heavy atom. The summed E-state index contributed by atoms with van der Waals surface area (Å²) in [7, 11) is -3.34. The molecule has 2 rings (SSSR count). The van der Waals surface area contributed by atoms with Crippen molar-refractivity contribution in [3.05, 3.63) is 0 Å². The Bertz CT molecular complexity index is 366. The third-order valence-electron chi connectivity index (χ3n) is 4.16. The maximum Gasteiger partial charge on any atom is 0.210 e. The summed E-state index contributed by atoms with van der Waals surface area (Å²) in [5.74, 6) is 1.35. The van der Waals surface area contributed by atoms with Gasteiger partial charge in [-0.2, -0.15) is 0 Å². The van der Waals surface area contributed by atoms with E-state index in [2.05, 4.69) is 24.1 Å². The van der Waals surface area contributed by atoms with Crippen molar-refractivity contribution < 1.29 is 8.42 Å². The summed E-state index contributed by atoms with van der Waals surface area (Å²) in [6.07, 6.45) is 0. The van der Waals surface area contributed by atoms with Crippen molar-refractivity contribution in [2.75, 3.05) is 31.9 Å². The number of likely N-dealkylation sites (tertiary alicyclic amines) is 1. The molecule has 0 aromatic rings. The summed E-state index contributed by atoms with van der Waals surface area (Å²) in [4.78, 5) is 2.27. The molecule has 5 nitrogen and oxygen atoms in total. The SMILES string of the molecule is CC1(C)C2CNCC2CN1CCS(N)(=O)=O. The minimum atomic E-state index is -3.34. The average Bonchev–Trinajstić information content (AvgIpc) is 2.65. The summed E-state index contributed by atoms with van der Waals surface area (Å²) < 4.78 is 22.0. The molecule has 0 aromatic carbocycles. The van der Waals surface area contributed by atoms with Crippen LogP contribution < -0.4 is 10.5 Å². The van der Waals surface area contributed by atoms with Crippen molar-refractivity contribution in [1.29, 1.82) is 0 Å². The molecule has 0 bridgehead atoms. The zero-order valence-electron chi connectivity index (χ0n) is 9.94. The van der Waals surface area contributed by atoms with Gasteiger partial charge in [0.05, 0.1) is 5.75 Å². The van der Waals surface area contributed by atoms with Gasteiger partial charge < -0.3 is 5.32 Å². The molecule has 2 saturated heterocycles. The lowest BCUT2D eigenvalue weighted by Crippen LogP contribution is -2.46. The third-order valence-corrected chi connectivity index (χ3v) is 4.91. The molecule has 2 aliphatic rings. The Labute approximate surface area is 97.4 Å². The summed E-state index contributed by atoms with van der Waals surface area (Å²) in [6.45, 7) is 8.05. The fourth-order valence-electron chi connectivity index (χ4n) is 3.12. The van der Waals surface area contributed by atoms with E-state index in [1.807, 2.05) is 0 Å². The third kappa shape index (κ3) is 2.25. The largest absolute Gasteiger partial charge is 0.316 e. The first-order valence-electron chi connectivity index (χ1n) is 5.77. The summed E-state index contributed by atoms with van der Waals surface area (Å²) in [6, 6.07) is 0. The zero-order chi connectivity index (χ0) is 12.0. The van der Waals surface area contributed by atoms with Crippen LogP contribution >= 0.6 is 0 Å². The fraction of sp³-hybridized carbons (Fsp3) is 1.00. The number of nitrogens with one attached hydrogen (secondary N) is 1. The van der Waals surface area contributed by atoms with Crippen LogP contribution in [-0.2, 0) is 10.0 Å². The topological polar surface area (TPSA) is 75.4 Å². The quantitative estimate of drug-likeness (QED) is 0.685. The monoisotopic (exact) mass is 247 g/mol. The predicted octanol–water partition coefficient (Wildman–Crippen LogP) is -0.795. The lowest BCUT2D eigenvalue weighted by Gasteiger charge is -2.35. The average molecular weight is 247 g/mol. The number of primary sulfonamides is 1. The van der Waals surface area contributed by atoms with E-state index in [9.17, 15) is 8.42 Å². The number of hydrogen-bond acceptors (Lipinski definition) is 4. The van der Waals surface area contributed by atoms with Crippen LogP contribution in [0.3, 0.4) is 0 Å². The van der Waals surface area contributed by atoms with Crippen LogP contribution in [0.4, 0.5) is 0 Å². The van der Waals surface area contributed by atoms with Gasteiger partial charge in [0.1, 0.15) is 0 Å². The molecule has 3 N–H and O–H groups in total. The second-order valence-electron chi connectivity index (χ2n) is 5.49. The molecule has 2 atom stereocenters. The molecule has 0 amide bonds. The van der Waals surface area contributed by atoms with Crippen LogP contribution in [0.15, 0.2) is 0 Å². The van der Waals surface area contributed by atoms with Gasteiger partial charge in [-0.05, 0) is 32.2 Å². The first-order valence-corrected chi connectivity index (χ1v) is 7.48. The molecular weight excluding hydrogens is 226 g/mol. The molecule has 6 heteroatoms. The van der Waals surface area contributed by atoms with Crippen molar-refractivity contribution in [3.8, 4) is 0 Å². The molecule has 0 radical (unpaired) electrons. The number of rotatable bonds is 3. The van der Waals surface area contributed by atoms with E-state index in [0.717, 1.165) is 19.6 Å². The first kappa shape index (κ1) is 12.3. The Hall–Kier alpha value is -0.170. The van der Waals surface area contributed by atoms with Gasteiger partial charge in [-0.15, -0.1) is 0 Å². The molecule has 2 fully saturated rings. The fourth-order valence-corrected chi connectivity index (χ4v) is 3.60. The molecule has 0 spiro atoms. The Morgan fingerprint density at radius 3 is 2.69 bits per heavy atom. The lowest BCUT2D eigenvalue weighted by atomic mass is 9.85. The van der Waals surface area contributed by atoms with E-state index in [0.29, 0.717) is 18.4 Å². The van der Waals surface area contributed by atoms with Crippen LogP contribution in [0.5, 0.6) is 0 Å². The van der Waals surface area contributed by atoms with Crippen molar-refractivity contribution in [2.24, 2.45) is 17.0 Å². The normalized spacial score (nSPS) is 34.2. The van der Waals surface area contributed by atoms with E-state index in [1.165, 1.54) is 0 Å². The van der Waals surface area contributed by atoms with Gasteiger partial charge in [0.2, 0.25) is 10.0 Å². The number of fused-ring (bicyclic) bond motifs is 1. The molecular formula is C10H21N3O2S. The van der Waals surface area contributed by atoms with Crippen LogP contribution in [0.25, 0.3) is 0 Å². The highest BCUT2D eigenvalue weighted by molar-refractivity contribution is 7.89. The minimum Gasteiger partial charge on any atom is -0.316 e. The maximum absolute atomic E-state index is 11.0. The second-order valence-corrected chi connectivity index (χ2v) is 7.23. The highest BCUT2D eigenvalue weighted by Crippen LogP contribution is 2.40. The van der Waals surface area contributed by atoms with Crippen LogP contribution in [-0.4, -0.2) is 50.8 Å². The predicted molar refractivity (Wildman–Crippen MR) is 63.5 cm³/mol. The van der Waals surface area contributed by atoms with Crippen molar-refractivity contribution in [3.63, 3.8) is 0 Å². The van der Waals surface area contributed by atoms with Crippen molar-refractivity contribution in [2.45, 2.75) is 19.4 Å². The van der Waals surface area contributed by atoms with Gasteiger partial charge in [-0.3, -0.25) is 4.90 Å². The molecule has 16 heavy (non-hydrogen) atoms. The van der Waals surface area contributed by atoms with E-state index >= 15 is 0 Å². The van der Waals surface area contributed by atoms with Crippen LogP contribution in [0.1, 0.15) is 13.8 Å². The van der Waals surface area contributed by atoms with Gasteiger partial charge in [0.25, 0.3) is 0 Å². The minimum absolute atomic E-state index is 0.0588. The van der Waals surface area contributed by atoms with Gasteiger partial charge in [-0.1, -0.05) is 0 Å².